The summed E-state index contributed by atoms with van der Waals surface area (Å²) >= 11 is 7.09. The van der Waals surface area contributed by atoms with Crippen LogP contribution in [0.25, 0.3) is 43.8 Å². The number of aromatic nitrogens is 5. The standard InChI is InChI=1S/C50H52ClN9O7/c1-29-43(30(2)56(4)55-29)44-37(51)18-17-35-34(14-9-27-67-40-16-7-11-32-10-5-6-12-33(32)40)47(50(65)66)59(46(35)44)26-23-57-21-24-58(25-22-57)42(62)28-60-31(3)52-45-36(13-8-15-39(45)60)48(63)53-38-19-20-41(61)54-49(38)64/h5-8,10-13,15-18,38H,9,14,19-28H2,1-4H3,(H,53,63)(H,65,66)(H,54,61,64). The van der Waals surface area contributed by atoms with Gasteiger partial charge in [0.05, 0.1) is 33.9 Å². The van der Waals surface area contributed by atoms with Crippen LogP contribution in [0.4, 0.5) is 0 Å². The number of nitrogens with zero attached hydrogens (tertiary/aromatic N) is 7. The molecule has 7 aromatic rings. The Bertz CT molecular complexity index is 3120. The van der Waals surface area contributed by atoms with E-state index in [1.54, 1.807) is 29.7 Å². The van der Waals surface area contributed by atoms with E-state index in [0.717, 1.165) is 55.5 Å². The maximum atomic E-state index is 13.9. The summed E-state index contributed by atoms with van der Waals surface area (Å²) in [7, 11) is 1.89. The molecule has 2 fully saturated rings. The van der Waals surface area contributed by atoms with Gasteiger partial charge in [0.25, 0.3) is 5.91 Å². The van der Waals surface area contributed by atoms with Gasteiger partial charge in [-0.3, -0.25) is 34.1 Å². The number of hydrogen-bond donors (Lipinski definition) is 3. The second-order valence-electron chi connectivity index (χ2n) is 17.3. The Morgan fingerprint density at radius 2 is 1.66 bits per heavy atom. The summed E-state index contributed by atoms with van der Waals surface area (Å²) < 4.78 is 11.8. The van der Waals surface area contributed by atoms with Crippen LogP contribution in [0.2, 0.25) is 5.02 Å². The number of carbonyl (C=O) groups excluding carboxylic acids is 4. The molecule has 16 nitrogen and oxygen atoms in total. The number of piperazine rings is 1. The number of benzene rings is 4. The van der Waals surface area contributed by atoms with Crippen LogP contribution in [0.15, 0.2) is 72.8 Å². The Labute approximate surface area is 391 Å². The number of aryl methyl sites for hydroxylation is 4. The molecule has 4 aromatic carbocycles. The van der Waals surface area contributed by atoms with E-state index in [1.165, 1.54) is 0 Å². The average molecular weight is 926 g/mol. The van der Waals surface area contributed by atoms with Crippen LogP contribution in [0.1, 0.15) is 62.9 Å². The molecule has 3 aromatic heterocycles. The number of fused-ring (bicyclic) bond motifs is 3. The molecule has 1 atom stereocenters. The topological polar surface area (TPSA) is 186 Å². The van der Waals surface area contributed by atoms with E-state index in [-0.39, 0.29) is 42.5 Å². The Morgan fingerprint density at radius 1 is 0.896 bits per heavy atom. The van der Waals surface area contributed by atoms with Crippen LogP contribution < -0.4 is 15.4 Å². The van der Waals surface area contributed by atoms with Crippen molar-refractivity contribution < 1.29 is 33.8 Å². The molecule has 3 N–H and O–H groups in total. The fraction of sp³-hybridized carbons (Fsp3) is 0.340. The number of hydrogen-bond acceptors (Lipinski definition) is 9. The van der Waals surface area contributed by atoms with E-state index < -0.39 is 23.8 Å². The summed E-state index contributed by atoms with van der Waals surface area (Å²) in [6.07, 6.45) is 1.39. The van der Waals surface area contributed by atoms with Gasteiger partial charge in [-0.2, -0.15) is 5.10 Å². The molecular weight excluding hydrogens is 874 g/mol. The minimum atomic E-state index is -1.03. The minimum Gasteiger partial charge on any atom is -0.493 e. The van der Waals surface area contributed by atoms with E-state index >= 15 is 0 Å². The predicted octanol–water partition coefficient (Wildman–Crippen LogP) is 6.21. The van der Waals surface area contributed by atoms with Crippen molar-refractivity contribution in [3.05, 3.63) is 112 Å². The van der Waals surface area contributed by atoms with Gasteiger partial charge in [0.15, 0.2) is 0 Å². The summed E-state index contributed by atoms with van der Waals surface area (Å²) in [5.74, 6) is -1.18. The monoisotopic (exact) mass is 925 g/mol. The predicted molar refractivity (Wildman–Crippen MR) is 254 cm³/mol. The molecule has 67 heavy (non-hydrogen) atoms. The summed E-state index contributed by atoms with van der Waals surface area (Å²) in [6.45, 7) is 9.11. The summed E-state index contributed by atoms with van der Waals surface area (Å²) in [5, 5.41) is 24.1. The smallest absolute Gasteiger partial charge is 0.352 e. The van der Waals surface area contributed by atoms with Crippen molar-refractivity contribution in [3.8, 4) is 16.9 Å². The SMILES string of the molecule is Cc1nn(C)c(C)c1-c1c(Cl)ccc2c(CCCOc3cccc4ccccc34)c(C(=O)O)n(CCN3CCN(C(=O)Cn4c(C)nc5c(C(=O)NC6CCC(=O)NC6=O)cccc54)CC3)c12. The highest BCUT2D eigenvalue weighted by atomic mass is 35.5. The first-order chi connectivity index (χ1) is 32.3. The third kappa shape index (κ3) is 8.74. The van der Waals surface area contributed by atoms with Gasteiger partial charge in [-0.25, -0.2) is 9.78 Å². The van der Waals surface area contributed by atoms with E-state index in [4.69, 9.17) is 21.4 Å². The van der Waals surface area contributed by atoms with Gasteiger partial charge in [0, 0.05) is 80.3 Å². The second kappa shape index (κ2) is 18.7. The summed E-state index contributed by atoms with van der Waals surface area (Å²) in [4.78, 5) is 73.3. The number of nitrogens with one attached hydrogen (secondary N) is 2. The van der Waals surface area contributed by atoms with Crippen molar-refractivity contribution in [2.24, 2.45) is 7.05 Å². The maximum Gasteiger partial charge on any atom is 0.352 e. The zero-order chi connectivity index (χ0) is 47.1. The molecule has 0 bridgehead atoms. The molecule has 0 aliphatic carbocycles. The molecule has 4 amide bonds. The molecule has 5 heterocycles. The highest BCUT2D eigenvalue weighted by molar-refractivity contribution is 6.35. The number of carboxylic acids is 1. The number of piperidine rings is 1. The second-order valence-corrected chi connectivity index (χ2v) is 17.7. The fourth-order valence-electron chi connectivity index (χ4n) is 9.75. The normalized spacial score (nSPS) is 15.7. The number of imide groups is 1. The number of carboxylic acid groups (broad SMARTS) is 1. The van der Waals surface area contributed by atoms with Gasteiger partial charge in [-0.1, -0.05) is 60.1 Å². The Kier molecular flexibility index (Phi) is 12.6. The van der Waals surface area contributed by atoms with Crippen molar-refractivity contribution in [2.45, 2.75) is 65.6 Å². The highest BCUT2D eigenvalue weighted by Gasteiger charge is 2.31. The lowest BCUT2D eigenvalue weighted by molar-refractivity contribution is -0.135. The number of rotatable bonds is 14. The summed E-state index contributed by atoms with van der Waals surface area (Å²) in [5.41, 5.74) is 6.32. The zero-order valence-electron chi connectivity index (χ0n) is 37.9. The Balaban J connectivity index is 0.917. The number of amides is 4. The molecule has 0 saturated carbocycles. The van der Waals surface area contributed by atoms with Crippen molar-refractivity contribution in [2.75, 3.05) is 39.3 Å². The molecule has 17 heteroatoms. The van der Waals surface area contributed by atoms with Crippen LogP contribution in [0, 0.1) is 20.8 Å². The van der Waals surface area contributed by atoms with Crippen LogP contribution in [-0.2, 0) is 40.9 Å². The van der Waals surface area contributed by atoms with Gasteiger partial charge in [0.2, 0.25) is 17.7 Å². The van der Waals surface area contributed by atoms with Gasteiger partial charge in [0.1, 0.15) is 35.4 Å². The molecule has 2 aliphatic heterocycles. The number of halogens is 1. The fourth-order valence-corrected chi connectivity index (χ4v) is 10.00. The Morgan fingerprint density at radius 3 is 2.40 bits per heavy atom. The quantitative estimate of drug-likeness (QED) is 0.0837. The largest absolute Gasteiger partial charge is 0.493 e. The van der Waals surface area contributed by atoms with Crippen molar-refractivity contribution >= 4 is 73.9 Å². The molecule has 0 spiro atoms. The first-order valence-electron chi connectivity index (χ1n) is 22.6. The molecule has 346 valence electrons. The number of ether oxygens (including phenoxy) is 1. The zero-order valence-corrected chi connectivity index (χ0v) is 38.7. The average Bonchev–Trinajstić information content (AvgIpc) is 3.90. The Hall–Kier alpha value is -7.04. The van der Waals surface area contributed by atoms with Gasteiger partial charge in [-0.05, 0) is 75.2 Å². The molecule has 9 rings (SSSR count). The molecule has 2 aliphatic rings. The van der Waals surface area contributed by atoms with Crippen LogP contribution in [0.5, 0.6) is 5.75 Å². The summed E-state index contributed by atoms with van der Waals surface area (Å²) in [6, 6.07) is 22.1. The molecule has 1 unspecified atom stereocenters. The van der Waals surface area contributed by atoms with Crippen LogP contribution >= 0.6 is 11.6 Å². The van der Waals surface area contributed by atoms with Crippen molar-refractivity contribution in [1.29, 1.82) is 0 Å². The minimum absolute atomic E-state index is 0.0182. The van der Waals surface area contributed by atoms with Gasteiger partial charge >= 0.3 is 5.97 Å². The number of carbonyl (C=O) groups is 5. The first-order valence-corrected chi connectivity index (χ1v) is 22.9. The lowest BCUT2D eigenvalue weighted by Gasteiger charge is -2.35. The molecule has 2 saturated heterocycles. The van der Waals surface area contributed by atoms with Gasteiger partial charge in [-0.15, -0.1) is 0 Å². The molecular formula is C50H52ClN9O7. The van der Waals surface area contributed by atoms with Crippen molar-refractivity contribution in [3.63, 3.8) is 0 Å². The lowest BCUT2D eigenvalue weighted by Crippen LogP contribution is -2.52. The number of aromatic carboxylic acids is 1. The van der Waals surface area contributed by atoms with Crippen molar-refractivity contribution in [1.82, 2.24) is 44.3 Å². The van der Waals surface area contributed by atoms with Crippen LogP contribution in [0.3, 0.4) is 0 Å². The lowest BCUT2D eigenvalue weighted by atomic mass is 9.98. The number of para-hydroxylation sites is 1. The van der Waals surface area contributed by atoms with Gasteiger partial charge < -0.3 is 29.2 Å². The number of imidazole rings is 1. The van der Waals surface area contributed by atoms with E-state index in [2.05, 4.69) is 20.5 Å². The van der Waals surface area contributed by atoms with Crippen LogP contribution in [-0.4, -0.2) is 114 Å². The van der Waals surface area contributed by atoms with E-state index in [1.807, 2.05) is 89.6 Å². The first kappa shape index (κ1) is 45.1. The third-order valence-electron chi connectivity index (χ3n) is 13.2. The maximum absolute atomic E-state index is 13.9. The van der Waals surface area contributed by atoms with E-state index in [9.17, 15) is 29.1 Å². The third-order valence-corrected chi connectivity index (χ3v) is 13.5. The molecule has 0 radical (unpaired) electrons. The van der Waals surface area contributed by atoms with E-state index in [0.29, 0.717) is 80.6 Å². The highest BCUT2D eigenvalue weighted by Crippen LogP contribution is 2.42.